The van der Waals surface area contributed by atoms with Gasteiger partial charge in [0.1, 0.15) is 5.76 Å². The molecule has 1 rings (SSSR count). The second kappa shape index (κ2) is 4.97. The van der Waals surface area contributed by atoms with Gasteiger partial charge in [-0.3, -0.25) is 4.79 Å². The second-order valence-electron chi connectivity index (χ2n) is 4.66. The Morgan fingerprint density at radius 1 is 1.19 bits per heavy atom. The van der Waals surface area contributed by atoms with Crippen molar-refractivity contribution >= 4 is 11.7 Å². The average Bonchev–Trinajstić information content (AvgIpc) is 2.25. The molecule has 1 aromatic carbocycles. The third kappa shape index (κ3) is 3.23. The molecular weight excluding hydrogens is 200 g/mol. The molecule has 0 aliphatic rings. The molecule has 0 atom stereocenters. The van der Waals surface area contributed by atoms with E-state index in [-0.39, 0.29) is 5.97 Å². The van der Waals surface area contributed by atoms with Gasteiger partial charge >= 0.3 is 5.97 Å². The van der Waals surface area contributed by atoms with Crippen LogP contribution in [0.2, 0.25) is 0 Å². The minimum atomic E-state index is -0.483. The van der Waals surface area contributed by atoms with Crippen LogP contribution in [0.25, 0.3) is 5.76 Å². The van der Waals surface area contributed by atoms with Gasteiger partial charge in [-0.25, -0.2) is 0 Å². The predicted molar refractivity (Wildman–Crippen MR) is 65.6 cm³/mol. The summed E-state index contributed by atoms with van der Waals surface area (Å²) in [4.78, 5) is 11.7. The van der Waals surface area contributed by atoms with E-state index in [0.717, 1.165) is 5.56 Å². The number of hydrogen-bond acceptors (Lipinski definition) is 2. The van der Waals surface area contributed by atoms with Gasteiger partial charge in [0.25, 0.3) is 0 Å². The van der Waals surface area contributed by atoms with E-state index >= 15 is 0 Å². The molecule has 0 unspecified atom stereocenters. The lowest BCUT2D eigenvalue weighted by molar-refractivity contribution is -0.145. The van der Waals surface area contributed by atoms with Crippen molar-refractivity contribution in [1.29, 1.82) is 0 Å². The van der Waals surface area contributed by atoms with Crippen LogP contribution in [0.5, 0.6) is 0 Å². The van der Waals surface area contributed by atoms with Gasteiger partial charge in [-0.05, 0) is 33.8 Å². The molecule has 86 valence electrons. The fourth-order valence-electron chi connectivity index (χ4n) is 1.14. The summed E-state index contributed by atoms with van der Waals surface area (Å²) in [5, 5.41) is 0. The molecule has 0 saturated carbocycles. The van der Waals surface area contributed by atoms with Gasteiger partial charge in [-0.2, -0.15) is 0 Å². The highest BCUT2D eigenvalue weighted by molar-refractivity contribution is 5.82. The number of esters is 1. The molecule has 2 heteroatoms. The van der Waals surface area contributed by atoms with Crippen LogP contribution in [-0.4, -0.2) is 5.97 Å². The van der Waals surface area contributed by atoms with Crippen molar-refractivity contribution in [2.45, 2.75) is 27.7 Å². The molecule has 0 radical (unpaired) electrons. The quantitative estimate of drug-likeness (QED) is 0.559. The Morgan fingerprint density at radius 3 is 2.19 bits per heavy atom. The van der Waals surface area contributed by atoms with Gasteiger partial charge in [0.15, 0.2) is 0 Å². The van der Waals surface area contributed by atoms with Crippen LogP contribution in [0.3, 0.4) is 0 Å². The van der Waals surface area contributed by atoms with Gasteiger partial charge in [0, 0.05) is 5.56 Å². The summed E-state index contributed by atoms with van der Waals surface area (Å²) in [7, 11) is 0. The SMILES string of the molecule is C/C=C(\OC(=O)C(C)(C)C)c1ccccc1. The smallest absolute Gasteiger partial charge is 0.316 e. The van der Waals surface area contributed by atoms with Crippen molar-refractivity contribution in [3.8, 4) is 0 Å². The lowest BCUT2D eigenvalue weighted by atomic mass is 9.97. The Hall–Kier alpha value is -1.57. The molecular formula is C14H18O2. The molecule has 2 nitrogen and oxygen atoms in total. The third-order valence-corrected chi connectivity index (χ3v) is 2.14. The van der Waals surface area contributed by atoms with Crippen LogP contribution in [0, 0.1) is 5.41 Å². The zero-order valence-electron chi connectivity index (χ0n) is 10.3. The molecule has 0 amide bonds. The molecule has 0 aliphatic heterocycles. The lowest BCUT2D eigenvalue weighted by Crippen LogP contribution is -2.22. The molecule has 0 fully saturated rings. The summed E-state index contributed by atoms with van der Waals surface area (Å²) in [5.74, 6) is 0.393. The van der Waals surface area contributed by atoms with Gasteiger partial charge in [0.05, 0.1) is 5.41 Å². The highest BCUT2D eigenvalue weighted by Crippen LogP contribution is 2.22. The maximum atomic E-state index is 11.7. The molecule has 0 spiro atoms. The highest BCUT2D eigenvalue weighted by atomic mass is 16.5. The number of hydrogen-bond donors (Lipinski definition) is 0. The summed E-state index contributed by atoms with van der Waals surface area (Å²) in [6, 6.07) is 9.62. The Kier molecular flexibility index (Phi) is 3.88. The van der Waals surface area contributed by atoms with Crippen LogP contribution in [0.1, 0.15) is 33.3 Å². The van der Waals surface area contributed by atoms with Crippen LogP contribution >= 0.6 is 0 Å². The first-order chi connectivity index (χ1) is 7.45. The van der Waals surface area contributed by atoms with Crippen LogP contribution in [-0.2, 0) is 9.53 Å². The van der Waals surface area contributed by atoms with E-state index in [0.29, 0.717) is 5.76 Å². The Labute approximate surface area is 96.9 Å². The molecule has 1 aromatic rings. The van der Waals surface area contributed by atoms with E-state index in [4.69, 9.17) is 4.74 Å². The second-order valence-corrected chi connectivity index (χ2v) is 4.66. The molecule has 0 bridgehead atoms. The van der Waals surface area contributed by atoms with Crippen molar-refractivity contribution in [2.75, 3.05) is 0 Å². The highest BCUT2D eigenvalue weighted by Gasteiger charge is 2.24. The first-order valence-corrected chi connectivity index (χ1v) is 5.39. The number of allylic oxidation sites excluding steroid dienone is 1. The van der Waals surface area contributed by atoms with Crippen molar-refractivity contribution in [3.63, 3.8) is 0 Å². The number of carbonyl (C=O) groups is 1. The lowest BCUT2D eigenvalue weighted by Gasteiger charge is -2.18. The molecule has 0 N–H and O–H groups in total. The summed E-state index contributed by atoms with van der Waals surface area (Å²) in [5.41, 5.74) is 0.436. The van der Waals surface area contributed by atoms with Crippen molar-refractivity contribution in [1.82, 2.24) is 0 Å². The van der Waals surface area contributed by atoms with Crippen molar-refractivity contribution < 1.29 is 9.53 Å². The normalized spacial score (nSPS) is 12.4. The van der Waals surface area contributed by atoms with E-state index in [1.54, 1.807) is 6.08 Å². The monoisotopic (exact) mass is 218 g/mol. The summed E-state index contributed by atoms with van der Waals surface area (Å²) < 4.78 is 5.37. The number of carbonyl (C=O) groups excluding carboxylic acids is 1. The number of rotatable bonds is 2. The zero-order chi connectivity index (χ0) is 12.2. The van der Waals surface area contributed by atoms with Crippen LogP contribution in [0.15, 0.2) is 36.4 Å². The number of ether oxygens (including phenoxy) is 1. The molecule has 0 saturated heterocycles. The maximum Gasteiger partial charge on any atom is 0.316 e. The van der Waals surface area contributed by atoms with E-state index < -0.39 is 5.41 Å². The fourth-order valence-corrected chi connectivity index (χ4v) is 1.14. The fraction of sp³-hybridized carbons (Fsp3) is 0.357. The Balaban J connectivity index is 2.84. The van der Waals surface area contributed by atoms with E-state index in [9.17, 15) is 4.79 Å². The molecule has 0 aromatic heterocycles. The number of benzene rings is 1. The molecule has 0 aliphatic carbocycles. The van der Waals surface area contributed by atoms with E-state index in [1.807, 2.05) is 58.0 Å². The van der Waals surface area contributed by atoms with E-state index in [1.165, 1.54) is 0 Å². The molecule has 16 heavy (non-hydrogen) atoms. The summed E-state index contributed by atoms with van der Waals surface area (Å²) >= 11 is 0. The Bertz CT molecular complexity index is 383. The predicted octanol–water partition coefficient (Wildman–Crippen LogP) is 3.64. The zero-order valence-corrected chi connectivity index (χ0v) is 10.3. The minimum absolute atomic E-state index is 0.218. The maximum absolute atomic E-state index is 11.7. The van der Waals surface area contributed by atoms with Gasteiger partial charge in [0.2, 0.25) is 0 Å². The minimum Gasteiger partial charge on any atom is -0.426 e. The van der Waals surface area contributed by atoms with Gasteiger partial charge < -0.3 is 4.74 Å². The van der Waals surface area contributed by atoms with Gasteiger partial charge in [-0.1, -0.05) is 30.3 Å². The van der Waals surface area contributed by atoms with Crippen molar-refractivity contribution in [3.05, 3.63) is 42.0 Å². The first kappa shape index (κ1) is 12.5. The van der Waals surface area contributed by atoms with Crippen LogP contribution in [0.4, 0.5) is 0 Å². The molecule has 0 heterocycles. The van der Waals surface area contributed by atoms with Crippen LogP contribution < -0.4 is 0 Å². The van der Waals surface area contributed by atoms with Gasteiger partial charge in [-0.15, -0.1) is 0 Å². The topological polar surface area (TPSA) is 26.3 Å². The summed E-state index contributed by atoms with van der Waals surface area (Å²) in [6.07, 6.45) is 1.80. The first-order valence-electron chi connectivity index (χ1n) is 5.39. The van der Waals surface area contributed by atoms with E-state index in [2.05, 4.69) is 0 Å². The third-order valence-electron chi connectivity index (χ3n) is 2.14. The standard InChI is InChI=1S/C14H18O2/c1-5-12(11-9-7-6-8-10-11)16-13(15)14(2,3)4/h5-10H,1-4H3/b12-5-. The largest absolute Gasteiger partial charge is 0.426 e. The van der Waals surface area contributed by atoms with Crippen molar-refractivity contribution in [2.24, 2.45) is 5.41 Å². The summed E-state index contributed by atoms with van der Waals surface area (Å²) in [6.45, 7) is 7.38. The Morgan fingerprint density at radius 2 is 1.75 bits per heavy atom. The average molecular weight is 218 g/mol.